The van der Waals surface area contributed by atoms with Crippen LogP contribution in [0, 0.1) is 5.92 Å². The maximum absolute atomic E-state index is 12.0. The monoisotopic (exact) mass is 302 g/mol. The number of hydrogen-bond donors (Lipinski definition) is 2. The van der Waals surface area contributed by atoms with Crippen LogP contribution in [-0.2, 0) is 11.2 Å². The summed E-state index contributed by atoms with van der Waals surface area (Å²) in [5.41, 5.74) is 2.38. The molecule has 2 aromatic rings. The molecule has 2 heterocycles. The van der Waals surface area contributed by atoms with E-state index in [0.29, 0.717) is 12.3 Å². The molecule has 3 nitrogen and oxygen atoms in total. The number of benzene rings is 1. The van der Waals surface area contributed by atoms with Gasteiger partial charge in [-0.15, -0.1) is 0 Å². The highest BCUT2D eigenvalue weighted by atomic mass is 32.2. The zero-order chi connectivity index (χ0) is 14.5. The molecule has 1 aliphatic rings. The van der Waals surface area contributed by atoms with Crippen LogP contribution in [0.15, 0.2) is 30.5 Å². The third kappa shape index (κ3) is 3.82. The number of nitrogens with one attached hydrogen (secondary N) is 2. The van der Waals surface area contributed by atoms with E-state index in [2.05, 4.69) is 22.4 Å². The number of rotatable bonds is 5. The molecule has 1 fully saturated rings. The van der Waals surface area contributed by atoms with Crippen molar-refractivity contribution in [1.82, 2.24) is 10.3 Å². The van der Waals surface area contributed by atoms with Gasteiger partial charge in [-0.1, -0.05) is 18.2 Å². The minimum atomic E-state index is 0.179. The number of hydrogen-bond acceptors (Lipinski definition) is 2. The molecule has 4 heteroatoms. The highest BCUT2D eigenvalue weighted by Crippen LogP contribution is 2.22. The fourth-order valence-corrected chi connectivity index (χ4v) is 4.09. The topological polar surface area (TPSA) is 44.9 Å². The van der Waals surface area contributed by atoms with Crippen LogP contribution >= 0.6 is 11.8 Å². The molecule has 1 aromatic heterocycles. The fraction of sp³-hybridized carbons (Fsp3) is 0.471. The number of aryl methyl sites for hydroxylation is 1. The van der Waals surface area contributed by atoms with Crippen molar-refractivity contribution < 1.29 is 4.79 Å². The van der Waals surface area contributed by atoms with Crippen LogP contribution in [-0.4, -0.2) is 28.9 Å². The van der Waals surface area contributed by atoms with Gasteiger partial charge in [0.25, 0.3) is 0 Å². The van der Waals surface area contributed by atoms with Gasteiger partial charge in [-0.2, -0.15) is 11.8 Å². The van der Waals surface area contributed by atoms with Crippen molar-refractivity contribution in [3.05, 3.63) is 36.0 Å². The summed E-state index contributed by atoms with van der Waals surface area (Å²) in [6, 6.07) is 8.25. The van der Waals surface area contributed by atoms with Crippen LogP contribution in [0.25, 0.3) is 10.9 Å². The molecule has 0 atom stereocenters. The summed E-state index contributed by atoms with van der Waals surface area (Å²) in [6.45, 7) is 0.854. The van der Waals surface area contributed by atoms with Gasteiger partial charge in [0.05, 0.1) is 0 Å². The quantitative estimate of drug-likeness (QED) is 0.889. The summed E-state index contributed by atoms with van der Waals surface area (Å²) in [7, 11) is 0. The Morgan fingerprint density at radius 3 is 2.95 bits per heavy atom. The second-order valence-electron chi connectivity index (χ2n) is 5.72. The van der Waals surface area contributed by atoms with Crippen LogP contribution in [0.5, 0.6) is 0 Å². The first-order valence-electron chi connectivity index (χ1n) is 7.72. The largest absolute Gasteiger partial charge is 0.361 e. The van der Waals surface area contributed by atoms with Gasteiger partial charge in [-0.05, 0) is 48.3 Å². The Balaban J connectivity index is 1.47. The predicted molar refractivity (Wildman–Crippen MR) is 89.7 cm³/mol. The van der Waals surface area contributed by atoms with E-state index in [1.807, 2.05) is 30.1 Å². The average molecular weight is 302 g/mol. The van der Waals surface area contributed by atoms with Gasteiger partial charge in [0.2, 0.25) is 5.91 Å². The summed E-state index contributed by atoms with van der Waals surface area (Å²) in [6.07, 6.45) is 5.89. The Morgan fingerprint density at radius 1 is 1.29 bits per heavy atom. The van der Waals surface area contributed by atoms with Gasteiger partial charge in [0.1, 0.15) is 0 Å². The Morgan fingerprint density at radius 2 is 2.10 bits per heavy atom. The molecule has 0 saturated carbocycles. The Bertz CT molecular complexity index is 602. The lowest BCUT2D eigenvalue weighted by atomic mass is 10.0. The van der Waals surface area contributed by atoms with Crippen LogP contribution in [0.1, 0.15) is 24.8 Å². The van der Waals surface area contributed by atoms with Crippen LogP contribution < -0.4 is 5.32 Å². The van der Waals surface area contributed by atoms with Crippen molar-refractivity contribution in [2.24, 2.45) is 5.92 Å². The van der Waals surface area contributed by atoms with Gasteiger partial charge in [-0.3, -0.25) is 4.79 Å². The average Bonchev–Trinajstić information content (AvgIpc) is 2.95. The second-order valence-corrected chi connectivity index (χ2v) is 6.94. The Hall–Kier alpha value is -1.42. The minimum Gasteiger partial charge on any atom is -0.361 e. The van der Waals surface area contributed by atoms with Crippen molar-refractivity contribution in [3.63, 3.8) is 0 Å². The Labute approximate surface area is 129 Å². The third-order valence-electron chi connectivity index (χ3n) is 4.23. The first kappa shape index (κ1) is 14.5. The molecule has 1 aliphatic heterocycles. The maximum Gasteiger partial charge on any atom is 0.220 e. The normalized spacial score (nSPS) is 16.2. The molecule has 1 amide bonds. The molecule has 21 heavy (non-hydrogen) atoms. The van der Waals surface area contributed by atoms with Crippen molar-refractivity contribution in [3.8, 4) is 0 Å². The highest BCUT2D eigenvalue weighted by Gasteiger charge is 2.14. The van der Waals surface area contributed by atoms with Gasteiger partial charge >= 0.3 is 0 Å². The molecule has 0 radical (unpaired) electrons. The molecule has 0 spiro atoms. The van der Waals surface area contributed by atoms with Crippen LogP contribution in [0.2, 0.25) is 0 Å². The van der Waals surface area contributed by atoms with Crippen LogP contribution in [0.3, 0.4) is 0 Å². The van der Waals surface area contributed by atoms with Crippen molar-refractivity contribution in [2.75, 3.05) is 18.1 Å². The minimum absolute atomic E-state index is 0.179. The van der Waals surface area contributed by atoms with E-state index in [9.17, 15) is 4.79 Å². The van der Waals surface area contributed by atoms with E-state index in [4.69, 9.17) is 0 Å². The number of aromatic nitrogens is 1. The zero-order valence-corrected chi connectivity index (χ0v) is 13.0. The predicted octanol–water partition coefficient (Wildman–Crippen LogP) is 3.36. The van der Waals surface area contributed by atoms with Gasteiger partial charge in [0.15, 0.2) is 0 Å². The number of carbonyl (C=O) groups excluding carboxylic acids is 1. The van der Waals surface area contributed by atoms with E-state index < -0.39 is 0 Å². The molecule has 0 aliphatic carbocycles. The van der Waals surface area contributed by atoms with Crippen molar-refractivity contribution >= 4 is 28.6 Å². The van der Waals surface area contributed by atoms with Gasteiger partial charge < -0.3 is 10.3 Å². The summed E-state index contributed by atoms with van der Waals surface area (Å²) in [5, 5.41) is 4.34. The number of aromatic amines is 1. The molecule has 1 aromatic carbocycles. The lowest BCUT2D eigenvalue weighted by molar-refractivity contribution is -0.121. The van der Waals surface area contributed by atoms with E-state index in [1.54, 1.807) is 0 Å². The number of fused-ring (bicyclic) bond motifs is 1. The summed E-state index contributed by atoms with van der Waals surface area (Å²) >= 11 is 2.03. The molecule has 1 saturated heterocycles. The van der Waals surface area contributed by atoms with Gasteiger partial charge in [0, 0.05) is 30.1 Å². The zero-order valence-electron chi connectivity index (χ0n) is 12.2. The molecule has 0 bridgehead atoms. The SMILES string of the molecule is O=C(CCc1c[nH]c2ccccc12)NCC1CCSCC1. The summed E-state index contributed by atoms with van der Waals surface area (Å²) < 4.78 is 0. The van der Waals surface area contributed by atoms with Crippen LogP contribution in [0.4, 0.5) is 0 Å². The van der Waals surface area contributed by atoms with E-state index in [0.717, 1.165) is 18.5 Å². The first-order chi connectivity index (χ1) is 10.3. The number of carbonyl (C=O) groups is 1. The highest BCUT2D eigenvalue weighted by molar-refractivity contribution is 7.99. The molecular formula is C17H22N2OS. The van der Waals surface area contributed by atoms with E-state index in [-0.39, 0.29) is 5.91 Å². The Kier molecular flexibility index (Phi) is 4.86. The summed E-state index contributed by atoms with van der Waals surface area (Å²) in [4.78, 5) is 15.3. The molecule has 3 rings (SSSR count). The smallest absolute Gasteiger partial charge is 0.220 e. The lowest BCUT2D eigenvalue weighted by Crippen LogP contribution is -2.31. The number of para-hydroxylation sites is 1. The number of amides is 1. The number of H-pyrrole nitrogens is 1. The van der Waals surface area contributed by atoms with Crippen molar-refractivity contribution in [1.29, 1.82) is 0 Å². The molecule has 0 unspecified atom stereocenters. The molecule has 2 N–H and O–H groups in total. The standard InChI is InChI=1S/C17H22N2OS/c20-17(19-11-13-7-9-21-10-8-13)6-5-14-12-18-16-4-2-1-3-15(14)16/h1-4,12-13,18H,5-11H2,(H,19,20). The fourth-order valence-electron chi connectivity index (χ4n) is 2.88. The lowest BCUT2D eigenvalue weighted by Gasteiger charge is -2.21. The summed E-state index contributed by atoms with van der Waals surface area (Å²) in [5.74, 6) is 3.35. The van der Waals surface area contributed by atoms with Crippen molar-refractivity contribution in [2.45, 2.75) is 25.7 Å². The van der Waals surface area contributed by atoms with E-state index in [1.165, 1.54) is 35.3 Å². The molecule has 112 valence electrons. The van der Waals surface area contributed by atoms with E-state index >= 15 is 0 Å². The third-order valence-corrected chi connectivity index (χ3v) is 5.27. The number of thioether (sulfide) groups is 1. The second kappa shape index (κ2) is 7.03. The maximum atomic E-state index is 12.0. The first-order valence-corrected chi connectivity index (χ1v) is 8.88. The molecular weight excluding hydrogens is 280 g/mol. The van der Waals surface area contributed by atoms with Gasteiger partial charge in [-0.25, -0.2) is 0 Å².